The van der Waals surface area contributed by atoms with Crippen molar-refractivity contribution >= 4 is 28.6 Å². The third-order valence-corrected chi connectivity index (χ3v) is 3.33. The van der Waals surface area contributed by atoms with Gasteiger partial charge in [-0.15, -0.1) is 21.8 Å². The highest BCUT2D eigenvalue weighted by atomic mass is 35.5. The van der Waals surface area contributed by atoms with E-state index in [1.165, 1.54) is 0 Å². The molecule has 0 aliphatic carbocycles. The van der Waals surface area contributed by atoms with Crippen molar-refractivity contribution in [2.24, 2.45) is 0 Å². The molecular formula is C12H15ClN4. The first-order valence-corrected chi connectivity index (χ1v) is 5.94. The largest absolute Gasteiger partial charge is 0.347 e. The molecule has 0 fully saturated rings. The van der Waals surface area contributed by atoms with Gasteiger partial charge in [0.1, 0.15) is 5.52 Å². The molecule has 4 nitrogen and oxygen atoms in total. The monoisotopic (exact) mass is 250 g/mol. The maximum atomic E-state index is 6.10. The van der Waals surface area contributed by atoms with Gasteiger partial charge >= 0.3 is 0 Å². The van der Waals surface area contributed by atoms with Gasteiger partial charge in [0.15, 0.2) is 0 Å². The van der Waals surface area contributed by atoms with Crippen LogP contribution in [0.1, 0.15) is 20.8 Å². The molecule has 0 amide bonds. The maximum Gasteiger partial charge on any atom is 0.243 e. The number of rotatable bonds is 3. The molecule has 1 atom stereocenters. The summed E-state index contributed by atoms with van der Waals surface area (Å²) in [5, 5.41) is 11.3. The molecule has 0 saturated carbocycles. The van der Waals surface area contributed by atoms with Gasteiger partial charge in [-0.05, 0) is 32.9 Å². The van der Waals surface area contributed by atoms with E-state index in [-0.39, 0.29) is 10.9 Å². The van der Waals surface area contributed by atoms with Crippen molar-refractivity contribution in [3.8, 4) is 0 Å². The number of hydrogen-bond donors (Lipinski definition) is 1. The second-order valence-corrected chi connectivity index (χ2v) is 5.24. The molecule has 0 bridgehead atoms. The molecule has 0 aliphatic heterocycles. The van der Waals surface area contributed by atoms with E-state index in [1.54, 1.807) is 0 Å². The summed E-state index contributed by atoms with van der Waals surface area (Å²) in [6.07, 6.45) is 0. The number of nitrogens with zero attached hydrogens (tertiary/aromatic N) is 3. The Balaban J connectivity index is 2.31. The highest BCUT2D eigenvalue weighted by molar-refractivity contribution is 6.21. The number of benzene rings is 1. The SMILES string of the molecule is CC(Cl)C(C)(C)Nc1nnc2ccccc2n1. The fourth-order valence-electron chi connectivity index (χ4n) is 1.32. The van der Waals surface area contributed by atoms with Crippen molar-refractivity contribution in [2.75, 3.05) is 5.32 Å². The lowest BCUT2D eigenvalue weighted by molar-refractivity contribution is 0.548. The number of hydrogen-bond acceptors (Lipinski definition) is 4. The van der Waals surface area contributed by atoms with Crippen LogP contribution in [-0.4, -0.2) is 26.1 Å². The number of nitrogens with one attached hydrogen (secondary N) is 1. The van der Waals surface area contributed by atoms with E-state index in [4.69, 9.17) is 11.6 Å². The van der Waals surface area contributed by atoms with Crippen molar-refractivity contribution in [1.29, 1.82) is 0 Å². The molecule has 90 valence electrons. The Morgan fingerprint density at radius 1 is 1.18 bits per heavy atom. The molecule has 2 aromatic rings. The maximum absolute atomic E-state index is 6.10. The summed E-state index contributed by atoms with van der Waals surface area (Å²) >= 11 is 6.10. The van der Waals surface area contributed by atoms with Gasteiger partial charge in [-0.3, -0.25) is 0 Å². The Bertz CT molecular complexity index is 525. The zero-order valence-electron chi connectivity index (χ0n) is 10.1. The third-order valence-electron chi connectivity index (χ3n) is 2.79. The lowest BCUT2D eigenvalue weighted by Gasteiger charge is -2.28. The van der Waals surface area contributed by atoms with Crippen molar-refractivity contribution in [3.05, 3.63) is 24.3 Å². The van der Waals surface area contributed by atoms with Crippen LogP contribution in [0.25, 0.3) is 11.0 Å². The second-order valence-electron chi connectivity index (χ2n) is 4.59. The molecule has 1 N–H and O–H groups in total. The lowest BCUT2D eigenvalue weighted by Crippen LogP contribution is -2.39. The van der Waals surface area contributed by atoms with Crippen molar-refractivity contribution in [1.82, 2.24) is 15.2 Å². The molecule has 1 aromatic carbocycles. The summed E-state index contributed by atoms with van der Waals surface area (Å²) in [6, 6.07) is 7.63. The predicted octanol–water partition coefficient (Wildman–Crippen LogP) is 2.84. The van der Waals surface area contributed by atoms with Gasteiger partial charge in [0.2, 0.25) is 5.95 Å². The summed E-state index contributed by atoms with van der Waals surface area (Å²) < 4.78 is 0. The van der Waals surface area contributed by atoms with Crippen LogP contribution in [0.5, 0.6) is 0 Å². The van der Waals surface area contributed by atoms with Gasteiger partial charge in [-0.25, -0.2) is 4.98 Å². The van der Waals surface area contributed by atoms with Crippen LogP contribution in [0.2, 0.25) is 0 Å². The highest BCUT2D eigenvalue weighted by Crippen LogP contribution is 2.20. The van der Waals surface area contributed by atoms with Crippen molar-refractivity contribution < 1.29 is 0 Å². The lowest BCUT2D eigenvalue weighted by atomic mass is 10.0. The van der Waals surface area contributed by atoms with Crippen LogP contribution < -0.4 is 5.32 Å². The second kappa shape index (κ2) is 4.45. The van der Waals surface area contributed by atoms with Gasteiger partial charge in [-0.2, -0.15) is 0 Å². The predicted molar refractivity (Wildman–Crippen MR) is 70.3 cm³/mol. The van der Waals surface area contributed by atoms with Gasteiger partial charge < -0.3 is 5.32 Å². The summed E-state index contributed by atoms with van der Waals surface area (Å²) in [7, 11) is 0. The molecule has 0 spiro atoms. The van der Waals surface area contributed by atoms with E-state index in [9.17, 15) is 0 Å². The fourth-order valence-corrected chi connectivity index (χ4v) is 1.38. The number of alkyl halides is 1. The molecule has 5 heteroatoms. The minimum atomic E-state index is -0.286. The summed E-state index contributed by atoms with van der Waals surface area (Å²) in [5.74, 6) is 0.501. The Labute approximate surface area is 105 Å². The minimum Gasteiger partial charge on any atom is -0.347 e. The Morgan fingerprint density at radius 2 is 1.82 bits per heavy atom. The topological polar surface area (TPSA) is 50.7 Å². The standard InChI is InChI=1S/C12H15ClN4/c1-8(13)12(2,3)15-11-14-9-6-4-5-7-10(9)16-17-11/h4-8H,1-3H3,(H,14,15,17). The van der Waals surface area contributed by atoms with Crippen molar-refractivity contribution in [2.45, 2.75) is 31.7 Å². The van der Waals surface area contributed by atoms with E-state index < -0.39 is 0 Å². The fraction of sp³-hybridized carbons (Fsp3) is 0.417. The zero-order chi connectivity index (χ0) is 12.5. The van der Waals surface area contributed by atoms with Gasteiger partial charge in [0.05, 0.1) is 16.4 Å². The number of para-hydroxylation sites is 1. The first kappa shape index (κ1) is 12.0. The molecule has 0 aliphatic rings. The van der Waals surface area contributed by atoms with Gasteiger partial charge in [-0.1, -0.05) is 12.1 Å². The molecule has 0 radical (unpaired) electrons. The Kier molecular flexibility index (Phi) is 3.15. The first-order valence-electron chi connectivity index (χ1n) is 5.51. The number of anilines is 1. The average molecular weight is 251 g/mol. The summed E-state index contributed by atoms with van der Waals surface area (Å²) in [5.41, 5.74) is 1.32. The number of aromatic nitrogens is 3. The van der Waals surface area contributed by atoms with Crippen LogP contribution in [0.4, 0.5) is 5.95 Å². The summed E-state index contributed by atoms with van der Waals surface area (Å²) in [6.45, 7) is 5.94. The van der Waals surface area contributed by atoms with Gasteiger partial charge in [0.25, 0.3) is 0 Å². The average Bonchev–Trinajstić information content (AvgIpc) is 2.28. The van der Waals surface area contributed by atoms with Gasteiger partial charge in [0, 0.05) is 0 Å². The van der Waals surface area contributed by atoms with E-state index in [2.05, 4.69) is 20.5 Å². The van der Waals surface area contributed by atoms with E-state index >= 15 is 0 Å². The quantitative estimate of drug-likeness (QED) is 0.851. The van der Waals surface area contributed by atoms with E-state index in [1.807, 2.05) is 45.0 Å². The number of fused-ring (bicyclic) bond motifs is 1. The van der Waals surface area contributed by atoms with Crippen LogP contribution in [0.3, 0.4) is 0 Å². The van der Waals surface area contributed by atoms with E-state index in [0.717, 1.165) is 11.0 Å². The summed E-state index contributed by atoms with van der Waals surface area (Å²) in [4.78, 5) is 4.40. The normalized spacial score (nSPS) is 13.6. The third kappa shape index (κ3) is 2.64. The highest BCUT2D eigenvalue weighted by Gasteiger charge is 2.24. The van der Waals surface area contributed by atoms with Crippen LogP contribution in [0, 0.1) is 0 Å². The number of halogens is 1. The smallest absolute Gasteiger partial charge is 0.243 e. The molecule has 2 rings (SSSR count). The Hall–Kier alpha value is -1.42. The first-order chi connectivity index (χ1) is 7.99. The minimum absolute atomic E-state index is 0.0439. The van der Waals surface area contributed by atoms with Crippen LogP contribution in [-0.2, 0) is 0 Å². The molecule has 0 saturated heterocycles. The van der Waals surface area contributed by atoms with Crippen molar-refractivity contribution in [3.63, 3.8) is 0 Å². The van der Waals surface area contributed by atoms with E-state index in [0.29, 0.717) is 5.95 Å². The zero-order valence-corrected chi connectivity index (χ0v) is 10.9. The Morgan fingerprint density at radius 3 is 2.47 bits per heavy atom. The van der Waals surface area contributed by atoms with Crippen LogP contribution in [0.15, 0.2) is 24.3 Å². The molecule has 1 aromatic heterocycles. The molecular weight excluding hydrogens is 236 g/mol. The molecule has 1 heterocycles. The van der Waals surface area contributed by atoms with Crippen LogP contribution >= 0.6 is 11.6 Å². The molecule has 1 unspecified atom stereocenters. The molecule has 17 heavy (non-hydrogen) atoms.